The molecule has 0 aromatic carbocycles. The summed E-state index contributed by atoms with van der Waals surface area (Å²) in [5, 5.41) is 4.14. The van der Waals surface area contributed by atoms with E-state index >= 15 is 0 Å². The van der Waals surface area contributed by atoms with E-state index in [1.807, 2.05) is 4.90 Å². The van der Waals surface area contributed by atoms with Crippen molar-refractivity contribution in [3.8, 4) is 0 Å². The van der Waals surface area contributed by atoms with Crippen LogP contribution in [0.1, 0.15) is 40.1 Å². The molecule has 0 unspecified atom stereocenters. The summed E-state index contributed by atoms with van der Waals surface area (Å²) in [7, 11) is 1.65. The monoisotopic (exact) mass is 283 g/mol. The van der Waals surface area contributed by atoms with E-state index < -0.39 is 0 Å². The number of carbonyl (C=O) groups is 1. The second-order valence-electron chi connectivity index (χ2n) is 4.95. The molecule has 0 radical (unpaired) electrons. The Morgan fingerprint density at radius 1 is 1.47 bits per heavy atom. The minimum absolute atomic E-state index is 0.116. The van der Waals surface area contributed by atoms with Crippen LogP contribution < -0.4 is 5.32 Å². The van der Waals surface area contributed by atoms with Gasteiger partial charge < -0.3 is 15.0 Å². The third-order valence-electron chi connectivity index (χ3n) is 3.11. The molecule has 1 N–H and O–H groups in total. The smallest absolute Gasteiger partial charge is 0.265 e. The first-order valence-electron chi connectivity index (χ1n) is 6.62. The van der Waals surface area contributed by atoms with Gasteiger partial charge in [0.15, 0.2) is 0 Å². The molecule has 2 rings (SSSR count). The van der Waals surface area contributed by atoms with Gasteiger partial charge in [0.25, 0.3) is 5.91 Å². The molecule has 106 valence electrons. The Labute approximate surface area is 118 Å². The Kier molecular flexibility index (Phi) is 4.90. The number of amides is 1. The van der Waals surface area contributed by atoms with E-state index in [0.29, 0.717) is 6.61 Å². The molecule has 0 saturated carbocycles. The Morgan fingerprint density at radius 3 is 2.74 bits per heavy atom. The molecule has 6 heteroatoms. The maximum absolute atomic E-state index is 12.6. The molecule has 0 spiro atoms. The van der Waals surface area contributed by atoms with E-state index in [2.05, 4.69) is 24.1 Å². The lowest BCUT2D eigenvalue weighted by atomic mass is 10.1. The van der Waals surface area contributed by atoms with Gasteiger partial charge in [0.1, 0.15) is 9.88 Å². The molecular weight excluding hydrogens is 262 g/mol. The lowest BCUT2D eigenvalue weighted by Crippen LogP contribution is -2.46. The fourth-order valence-electron chi connectivity index (χ4n) is 2.12. The van der Waals surface area contributed by atoms with Crippen molar-refractivity contribution in [3.63, 3.8) is 0 Å². The van der Waals surface area contributed by atoms with Crippen LogP contribution in [0.4, 0.5) is 0 Å². The molecule has 1 aliphatic heterocycles. The highest BCUT2D eigenvalue weighted by Gasteiger charge is 2.25. The number of nitrogens with one attached hydrogen (secondary N) is 1. The van der Waals surface area contributed by atoms with Gasteiger partial charge in [-0.05, 0) is 5.92 Å². The highest BCUT2D eigenvalue weighted by Crippen LogP contribution is 2.27. The Bertz CT molecular complexity index is 439. The predicted octanol–water partition coefficient (Wildman–Crippen LogP) is 1.46. The van der Waals surface area contributed by atoms with Crippen LogP contribution in [0.3, 0.4) is 0 Å². The molecule has 19 heavy (non-hydrogen) atoms. The second-order valence-corrected chi connectivity index (χ2v) is 6.04. The summed E-state index contributed by atoms with van der Waals surface area (Å²) in [6.07, 6.45) is 0. The lowest BCUT2D eigenvalue weighted by Gasteiger charge is -2.27. The van der Waals surface area contributed by atoms with Gasteiger partial charge in [-0.3, -0.25) is 4.79 Å². The summed E-state index contributed by atoms with van der Waals surface area (Å²) in [4.78, 5) is 19.8. The maximum atomic E-state index is 12.6. The van der Waals surface area contributed by atoms with Crippen LogP contribution in [0.15, 0.2) is 0 Å². The molecule has 1 aliphatic rings. The first-order chi connectivity index (χ1) is 9.13. The van der Waals surface area contributed by atoms with Gasteiger partial charge in [0.05, 0.1) is 12.3 Å². The van der Waals surface area contributed by atoms with E-state index in [9.17, 15) is 4.79 Å². The number of aromatic nitrogens is 1. The standard InChI is InChI=1S/C13H21N3O2S/c1-9(2)11-12(19-10(15-11)8-18-3)13(17)16-6-4-14-5-7-16/h9,14H,4-8H2,1-3H3. The third kappa shape index (κ3) is 3.32. The van der Waals surface area contributed by atoms with Gasteiger partial charge in [-0.1, -0.05) is 13.8 Å². The van der Waals surface area contributed by atoms with Crippen molar-refractivity contribution in [3.05, 3.63) is 15.6 Å². The highest BCUT2D eigenvalue weighted by molar-refractivity contribution is 7.13. The number of piperazine rings is 1. The predicted molar refractivity (Wildman–Crippen MR) is 75.7 cm³/mol. The lowest BCUT2D eigenvalue weighted by molar-refractivity contribution is 0.0739. The van der Waals surface area contributed by atoms with Crippen molar-refractivity contribution in [1.29, 1.82) is 0 Å². The average Bonchev–Trinajstić information content (AvgIpc) is 2.83. The minimum atomic E-state index is 0.116. The normalized spacial score (nSPS) is 16.1. The number of carbonyl (C=O) groups excluding carboxylic acids is 1. The maximum Gasteiger partial charge on any atom is 0.265 e. The molecule has 0 bridgehead atoms. The van der Waals surface area contributed by atoms with E-state index in [0.717, 1.165) is 41.8 Å². The van der Waals surface area contributed by atoms with Gasteiger partial charge in [0.2, 0.25) is 0 Å². The van der Waals surface area contributed by atoms with Crippen LogP contribution in [-0.2, 0) is 11.3 Å². The van der Waals surface area contributed by atoms with Gasteiger partial charge in [-0.25, -0.2) is 4.98 Å². The average molecular weight is 283 g/mol. The van der Waals surface area contributed by atoms with Gasteiger partial charge in [-0.2, -0.15) is 0 Å². The van der Waals surface area contributed by atoms with Crippen molar-refractivity contribution >= 4 is 17.2 Å². The molecule has 1 aromatic rings. The van der Waals surface area contributed by atoms with E-state index in [1.165, 1.54) is 11.3 Å². The first kappa shape index (κ1) is 14.4. The molecule has 5 nitrogen and oxygen atoms in total. The molecule has 2 heterocycles. The van der Waals surface area contributed by atoms with Crippen molar-refractivity contribution in [2.75, 3.05) is 33.3 Å². The van der Waals surface area contributed by atoms with E-state index in [1.54, 1.807) is 7.11 Å². The molecule has 0 atom stereocenters. The highest BCUT2D eigenvalue weighted by atomic mass is 32.1. The van der Waals surface area contributed by atoms with Crippen LogP contribution in [0.25, 0.3) is 0 Å². The molecular formula is C13H21N3O2S. The van der Waals surface area contributed by atoms with Crippen LogP contribution in [0, 0.1) is 0 Å². The summed E-state index contributed by atoms with van der Waals surface area (Å²) >= 11 is 1.47. The Morgan fingerprint density at radius 2 is 2.16 bits per heavy atom. The first-order valence-corrected chi connectivity index (χ1v) is 7.43. The quantitative estimate of drug-likeness (QED) is 0.909. The third-order valence-corrected chi connectivity index (χ3v) is 4.14. The number of hydrogen-bond acceptors (Lipinski definition) is 5. The second kappa shape index (κ2) is 6.45. The van der Waals surface area contributed by atoms with Crippen LogP contribution in [0.2, 0.25) is 0 Å². The SMILES string of the molecule is COCc1nc(C(C)C)c(C(=O)N2CCNCC2)s1. The zero-order valence-corrected chi connectivity index (χ0v) is 12.5. The van der Waals surface area contributed by atoms with Crippen molar-refractivity contribution in [2.24, 2.45) is 0 Å². The fraction of sp³-hybridized carbons (Fsp3) is 0.692. The topological polar surface area (TPSA) is 54.5 Å². The van der Waals surface area contributed by atoms with E-state index in [4.69, 9.17) is 4.74 Å². The zero-order chi connectivity index (χ0) is 13.8. The van der Waals surface area contributed by atoms with Gasteiger partial charge in [0, 0.05) is 33.3 Å². The van der Waals surface area contributed by atoms with Crippen LogP contribution >= 0.6 is 11.3 Å². The van der Waals surface area contributed by atoms with Crippen LogP contribution in [0.5, 0.6) is 0 Å². The number of hydrogen-bond donors (Lipinski definition) is 1. The molecule has 0 aliphatic carbocycles. The summed E-state index contributed by atoms with van der Waals surface area (Å²) < 4.78 is 5.11. The Balaban J connectivity index is 2.23. The number of thiazole rings is 1. The van der Waals surface area contributed by atoms with Gasteiger partial charge in [-0.15, -0.1) is 11.3 Å². The number of ether oxygens (including phenoxy) is 1. The molecule has 1 amide bonds. The minimum Gasteiger partial charge on any atom is -0.378 e. The summed E-state index contributed by atoms with van der Waals surface area (Å²) in [5.41, 5.74) is 0.903. The fourth-order valence-corrected chi connectivity index (χ4v) is 3.28. The summed E-state index contributed by atoms with van der Waals surface area (Å²) in [6, 6.07) is 0. The summed E-state index contributed by atoms with van der Waals surface area (Å²) in [5.74, 6) is 0.369. The number of rotatable bonds is 4. The van der Waals surface area contributed by atoms with Crippen LogP contribution in [-0.4, -0.2) is 49.1 Å². The molecule has 1 fully saturated rings. The molecule has 1 saturated heterocycles. The van der Waals surface area contributed by atoms with Gasteiger partial charge >= 0.3 is 0 Å². The van der Waals surface area contributed by atoms with E-state index in [-0.39, 0.29) is 11.8 Å². The summed E-state index contributed by atoms with van der Waals surface area (Å²) in [6.45, 7) is 7.89. The zero-order valence-electron chi connectivity index (χ0n) is 11.7. The number of nitrogens with zero attached hydrogens (tertiary/aromatic N) is 2. The molecule has 1 aromatic heterocycles. The largest absolute Gasteiger partial charge is 0.378 e. The van der Waals surface area contributed by atoms with Crippen molar-refractivity contribution < 1.29 is 9.53 Å². The van der Waals surface area contributed by atoms with Crippen molar-refractivity contribution in [1.82, 2.24) is 15.2 Å². The number of methoxy groups -OCH3 is 1. The Hall–Kier alpha value is -0.980. The van der Waals surface area contributed by atoms with Crippen molar-refractivity contribution in [2.45, 2.75) is 26.4 Å².